The van der Waals surface area contributed by atoms with Gasteiger partial charge < -0.3 is 54.7 Å². The maximum absolute atomic E-state index is 14.3. The molecule has 9 atom stereocenters. The highest BCUT2D eigenvalue weighted by molar-refractivity contribution is 6.23. The molecule has 0 saturated carbocycles. The minimum atomic E-state index is -2.05. The second-order valence-electron chi connectivity index (χ2n) is 15.8. The van der Waals surface area contributed by atoms with Gasteiger partial charge in [-0.25, -0.2) is 0 Å². The number of phenols is 3. The summed E-state index contributed by atoms with van der Waals surface area (Å²) < 4.78 is 23.3. The molecule has 1 saturated heterocycles. The molecule has 0 radical (unpaired) electrons. The van der Waals surface area contributed by atoms with Gasteiger partial charge in [0.15, 0.2) is 5.75 Å². The topological polar surface area (TPSA) is 229 Å². The van der Waals surface area contributed by atoms with E-state index in [1.165, 1.54) is 46.3 Å². The zero-order valence-corrected chi connectivity index (χ0v) is 34.7. The number of methoxy groups -OCH3 is 1. The van der Waals surface area contributed by atoms with Crippen molar-refractivity contribution >= 4 is 46.7 Å². The van der Waals surface area contributed by atoms with E-state index in [4.69, 9.17) is 18.9 Å². The number of carbonyl (C=O) groups is 3. The standard InChI is InChI=1S/C43H56N4O12/c1-22-13-12-14-23(2)42(55)46-35-28(20-44-45-21-47-16-10-9-11-17-47)38(52)34-32(39(35)53)29(49)19-31-33(34)41(54)43(7,59-31)57-18-15-30(56-8)24(3)40(58-27(6)48)26(5)37(51)25(4)36(22)50/h12-15,18-22,24-26,30,36-37,40,49-53H,9-11,16-17H2,1-8H3,(H,46,55)/b13-12+,18-15+,23-14-,44-20+,45-21+. The van der Waals surface area contributed by atoms with Crippen molar-refractivity contribution in [3.8, 4) is 23.0 Å². The van der Waals surface area contributed by atoms with Crippen molar-refractivity contribution in [3.63, 3.8) is 0 Å². The number of nitrogens with one attached hydrogen (secondary N) is 1. The first-order valence-electron chi connectivity index (χ1n) is 19.8. The molecule has 0 spiro atoms. The fourth-order valence-electron chi connectivity index (χ4n) is 7.89. The van der Waals surface area contributed by atoms with Gasteiger partial charge in [-0.3, -0.25) is 14.4 Å². The average molecular weight is 821 g/mol. The summed E-state index contributed by atoms with van der Waals surface area (Å²) in [6.45, 7) is 12.6. The third kappa shape index (κ3) is 9.40. The molecule has 9 unspecified atom stereocenters. The van der Waals surface area contributed by atoms with Crippen LogP contribution in [-0.4, -0.2) is 111 Å². The molecule has 4 aliphatic rings. The SMILES string of the molecule is COC1/C=C/OC2(C)Oc3cc(O)c4c(O)c(c(/C=N/N=C/N5CCCCC5)c(O)c4c3C2=O)NC(=O)/C(C)=C\C=C\C(C)C(O)C(C)C(O)C(C)C(OC(C)=O)C1C. The van der Waals surface area contributed by atoms with Gasteiger partial charge in [0.05, 0.1) is 53.0 Å². The van der Waals surface area contributed by atoms with E-state index >= 15 is 0 Å². The van der Waals surface area contributed by atoms with Gasteiger partial charge in [-0.1, -0.05) is 45.9 Å². The van der Waals surface area contributed by atoms with Crippen LogP contribution in [0.4, 0.5) is 5.69 Å². The van der Waals surface area contributed by atoms with E-state index < -0.39 is 88.8 Å². The molecule has 1 fully saturated rings. The van der Waals surface area contributed by atoms with Gasteiger partial charge in [-0.05, 0) is 32.3 Å². The van der Waals surface area contributed by atoms with Gasteiger partial charge >= 0.3 is 11.8 Å². The normalized spacial score (nSPS) is 31.8. The van der Waals surface area contributed by atoms with Gasteiger partial charge in [-0.2, -0.15) is 5.10 Å². The molecule has 5 bridgehead atoms. The van der Waals surface area contributed by atoms with Gasteiger partial charge in [0.25, 0.3) is 11.7 Å². The number of aliphatic hydroxyl groups excluding tert-OH is 2. The van der Waals surface area contributed by atoms with Crippen LogP contribution in [0.15, 0.2) is 52.4 Å². The van der Waals surface area contributed by atoms with Crippen LogP contribution in [-0.2, 0) is 23.8 Å². The fourth-order valence-corrected chi connectivity index (χ4v) is 7.89. The number of anilines is 1. The van der Waals surface area contributed by atoms with Crippen LogP contribution in [0.1, 0.15) is 83.7 Å². The van der Waals surface area contributed by atoms with Gasteiger partial charge in [-0.15, -0.1) is 5.10 Å². The van der Waals surface area contributed by atoms with Crippen LogP contribution in [0.3, 0.4) is 0 Å². The minimum absolute atomic E-state index is 0.151. The van der Waals surface area contributed by atoms with E-state index in [1.807, 2.05) is 4.90 Å². The molecule has 4 aliphatic heterocycles. The zero-order valence-electron chi connectivity index (χ0n) is 34.7. The summed E-state index contributed by atoms with van der Waals surface area (Å²) in [5, 5.41) is 67.9. The average Bonchev–Trinajstić information content (AvgIpc) is 3.45. The molecule has 16 nitrogen and oxygen atoms in total. The Hall–Kier alpha value is -5.45. The summed E-state index contributed by atoms with van der Waals surface area (Å²) in [4.78, 5) is 42.2. The van der Waals surface area contributed by atoms with Gasteiger partial charge in [0.2, 0.25) is 0 Å². The number of phenolic OH excluding ortho intramolecular Hbond substituents is 3. The first-order chi connectivity index (χ1) is 27.9. The smallest absolute Gasteiger partial charge is 0.312 e. The molecule has 59 heavy (non-hydrogen) atoms. The van der Waals surface area contributed by atoms with E-state index in [-0.39, 0.29) is 38.9 Å². The number of hydrogen-bond donors (Lipinski definition) is 6. The number of hydrogen-bond acceptors (Lipinski definition) is 14. The van der Waals surface area contributed by atoms with E-state index in [0.717, 1.165) is 44.6 Å². The van der Waals surface area contributed by atoms with Crippen molar-refractivity contribution in [2.45, 2.75) is 97.9 Å². The van der Waals surface area contributed by atoms with Crippen molar-refractivity contribution in [1.82, 2.24) is 4.90 Å². The number of allylic oxidation sites excluding steroid dienone is 2. The Balaban J connectivity index is 1.66. The molecule has 6 rings (SSSR count). The fraction of sp³-hybridized carbons (Fsp3) is 0.512. The molecular formula is C43H56N4O12. The lowest BCUT2D eigenvalue weighted by Gasteiger charge is -2.38. The Morgan fingerprint density at radius 2 is 1.66 bits per heavy atom. The summed E-state index contributed by atoms with van der Waals surface area (Å²) in [7, 11) is 1.43. The predicted octanol–water partition coefficient (Wildman–Crippen LogP) is 5.29. The van der Waals surface area contributed by atoms with Gasteiger partial charge in [0.1, 0.15) is 29.7 Å². The summed E-state index contributed by atoms with van der Waals surface area (Å²) in [5.74, 6) is -8.66. The number of esters is 1. The number of aromatic hydroxyl groups is 3. The molecular weight excluding hydrogens is 764 g/mol. The maximum atomic E-state index is 14.3. The van der Waals surface area contributed by atoms with Crippen molar-refractivity contribution in [2.24, 2.45) is 33.9 Å². The van der Waals surface area contributed by atoms with Crippen LogP contribution in [0.5, 0.6) is 23.0 Å². The zero-order chi connectivity index (χ0) is 43.3. The van der Waals surface area contributed by atoms with Crippen molar-refractivity contribution in [2.75, 3.05) is 25.5 Å². The molecule has 2 aromatic rings. The van der Waals surface area contributed by atoms with Crippen LogP contribution >= 0.6 is 0 Å². The van der Waals surface area contributed by atoms with E-state index in [1.54, 1.807) is 46.2 Å². The lowest BCUT2D eigenvalue weighted by Crippen LogP contribution is -2.46. The molecule has 2 aromatic carbocycles. The Kier molecular flexibility index (Phi) is 14.1. The van der Waals surface area contributed by atoms with E-state index in [0.29, 0.717) is 0 Å². The molecule has 1 amide bonds. The third-order valence-electron chi connectivity index (χ3n) is 11.5. The third-order valence-corrected chi connectivity index (χ3v) is 11.5. The molecule has 6 N–H and O–H groups in total. The lowest BCUT2D eigenvalue weighted by atomic mass is 9.78. The van der Waals surface area contributed by atoms with Gasteiger partial charge in [0, 0.05) is 74.7 Å². The summed E-state index contributed by atoms with van der Waals surface area (Å²) >= 11 is 0. The summed E-state index contributed by atoms with van der Waals surface area (Å²) in [5.41, 5.74) is -0.608. The molecule has 320 valence electrons. The Morgan fingerprint density at radius 3 is 2.32 bits per heavy atom. The number of aliphatic hydroxyl groups is 2. The number of rotatable bonds is 5. The van der Waals surface area contributed by atoms with Crippen molar-refractivity contribution < 1.29 is 58.9 Å². The highest BCUT2D eigenvalue weighted by atomic mass is 16.7. The Bertz CT molecular complexity index is 2070. The number of Topliss-reactive ketones (excluding diaryl/α,β-unsaturated/α-hetero) is 1. The second kappa shape index (κ2) is 18.6. The number of ether oxygens (including phenoxy) is 4. The highest BCUT2D eigenvalue weighted by Crippen LogP contribution is 2.53. The molecule has 0 aliphatic carbocycles. The Labute approximate surface area is 343 Å². The number of fused-ring (bicyclic) bond motifs is 14. The first kappa shape index (κ1) is 44.6. The number of carbonyl (C=O) groups excluding carboxylic acids is 3. The largest absolute Gasteiger partial charge is 0.507 e. The van der Waals surface area contributed by atoms with Crippen LogP contribution in [0, 0.1) is 23.7 Å². The summed E-state index contributed by atoms with van der Waals surface area (Å²) in [6, 6.07) is 1.10. The molecule has 16 heteroatoms. The molecule has 4 heterocycles. The number of likely N-dealkylation sites (tertiary alicyclic amines) is 1. The summed E-state index contributed by atoms with van der Waals surface area (Å²) in [6.07, 6.45) is 9.26. The number of nitrogens with zero attached hydrogens (tertiary/aromatic N) is 3. The van der Waals surface area contributed by atoms with Crippen molar-refractivity contribution in [1.29, 1.82) is 0 Å². The Morgan fingerprint density at radius 1 is 0.966 bits per heavy atom. The van der Waals surface area contributed by atoms with E-state index in [2.05, 4.69) is 15.5 Å². The van der Waals surface area contributed by atoms with Crippen LogP contribution < -0.4 is 10.1 Å². The number of ketones is 1. The monoisotopic (exact) mass is 820 g/mol. The highest BCUT2D eigenvalue weighted by Gasteiger charge is 2.49. The first-order valence-corrected chi connectivity index (χ1v) is 19.8. The number of benzene rings is 2. The van der Waals surface area contributed by atoms with E-state index in [9.17, 15) is 39.9 Å². The van der Waals surface area contributed by atoms with Crippen molar-refractivity contribution in [3.05, 3.63) is 53.3 Å². The number of amides is 1. The number of piperidine rings is 1. The lowest BCUT2D eigenvalue weighted by molar-refractivity contribution is -0.160. The van der Waals surface area contributed by atoms with Crippen LogP contribution in [0.2, 0.25) is 0 Å². The second-order valence-corrected chi connectivity index (χ2v) is 15.8. The molecule has 0 aromatic heterocycles. The minimum Gasteiger partial charge on any atom is -0.507 e. The quantitative estimate of drug-likeness (QED) is 0.0563. The maximum Gasteiger partial charge on any atom is 0.312 e. The predicted molar refractivity (Wildman–Crippen MR) is 221 cm³/mol. The van der Waals surface area contributed by atoms with Crippen LogP contribution in [0.25, 0.3) is 10.8 Å².